The molecule has 0 saturated carbocycles. The van der Waals surface area contributed by atoms with Gasteiger partial charge in [-0.2, -0.15) is 9.78 Å². The topological polar surface area (TPSA) is 100 Å². The van der Waals surface area contributed by atoms with Gasteiger partial charge >= 0.3 is 0 Å². The molecule has 9 nitrogen and oxygen atoms in total. The molecule has 1 fully saturated rings. The van der Waals surface area contributed by atoms with Crippen molar-refractivity contribution in [1.29, 1.82) is 0 Å². The average Bonchev–Trinajstić information content (AvgIpc) is 3.29. The second-order valence-corrected chi connectivity index (χ2v) is 8.03. The number of anilines is 2. The van der Waals surface area contributed by atoms with Gasteiger partial charge in [-0.3, -0.25) is 4.79 Å². The zero-order valence-corrected chi connectivity index (χ0v) is 18.9. The Balaban J connectivity index is 1.92. The van der Waals surface area contributed by atoms with Gasteiger partial charge in [0.1, 0.15) is 22.8 Å². The summed E-state index contributed by atoms with van der Waals surface area (Å²) in [6.45, 7) is 3.74. The lowest BCUT2D eigenvalue weighted by Crippen LogP contribution is -2.30. The van der Waals surface area contributed by atoms with Gasteiger partial charge in [0.15, 0.2) is 0 Å². The summed E-state index contributed by atoms with van der Waals surface area (Å²) in [5.74, 6) is 0.669. The molecule has 0 radical (unpaired) electrons. The third kappa shape index (κ3) is 4.45. The number of benzene rings is 2. The minimum Gasteiger partial charge on any atom is -0.497 e. The van der Waals surface area contributed by atoms with Crippen LogP contribution in [0.3, 0.4) is 0 Å². The molecular weight excluding hydrogens is 422 g/mol. The fraction of sp³-hybridized carbons (Fsp3) is 0.333. The Hall–Kier alpha value is -3.72. The number of rotatable bonds is 7. The van der Waals surface area contributed by atoms with Crippen molar-refractivity contribution < 1.29 is 9.84 Å². The van der Waals surface area contributed by atoms with Crippen LogP contribution in [0.2, 0.25) is 0 Å². The molecule has 9 heteroatoms. The molecule has 1 saturated heterocycles. The Morgan fingerprint density at radius 2 is 2.06 bits per heavy atom. The van der Waals surface area contributed by atoms with Crippen molar-refractivity contribution >= 4 is 17.1 Å². The van der Waals surface area contributed by atoms with Crippen LogP contribution in [0.1, 0.15) is 13.3 Å². The summed E-state index contributed by atoms with van der Waals surface area (Å²) in [7, 11) is 3.42. The van der Waals surface area contributed by atoms with E-state index in [9.17, 15) is 14.8 Å². The number of ether oxygens (including phenoxy) is 1. The molecule has 33 heavy (non-hydrogen) atoms. The summed E-state index contributed by atoms with van der Waals surface area (Å²) in [4.78, 5) is 28.9. The largest absolute Gasteiger partial charge is 0.497 e. The number of nitroso groups, excluding NO2 is 1. The van der Waals surface area contributed by atoms with E-state index in [1.165, 1.54) is 4.68 Å². The molecule has 1 aliphatic rings. The fourth-order valence-corrected chi connectivity index (χ4v) is 3.94. The number of aromatic nitrogens is 2. The van der Waals surface area contributed by atoms with Crippen LogP contribution in [0.4, 0.5) is 17.1 Å². The molecule has 0 bridgehead atoms. The monoisotopic (exact) mass is 449 g/mol. The lowest BCUT2D eigenvalue weighted by atomic mass is 10.1. The van der Waals surface area contributed by atoms with E-state index in [0.717, 1.165) is 11.3 Å². The first-order valence-electron chi connectivity index (χ1n) is 10.9. The molecular formula is C24H27N5O4. The van der Waals surface area contributed by atoms with Crippen molar-refractivity contribution in [2.45, 2.75) is 19.4 Å². The molecule has 0 spiro atoms. The predicted molar refractivity (Wildman–Crippen MR) is 129 cm³/mol. The maximum absolute atomic E-state index is 13.5. The Labute approximate surface area is 191 Å². The third-order valence-corrected chi connectivity index (χ3v) is 5.96. The van der Waals surface area contributed by atoms with E-state index < -0.39 is 6.10 Å². The number of hydrogen-bond acceptors (Lipinski definition) is 8. The summed E-state index contributed by atoms with van der Waals surface area (Å²) in [6, 6.07) is 14.2. The van der Waals surface area contributed by atoms with Crippen molar-refractivity contribution in [3.8, 4) is 22.7 Å². The average molecular weight is 450 g/mol. The first-order chi connectivity index (χ1) is 15.9. The molecule has 1 aliphatic heterocycles. The Bertz CT molecular complexity index is 1230. The highest BCUT2D eigenvalue weighted by molar-refractivity contribution is 5.69. The molecule has 0 unspecified atom stereocenters. The molecule has 1 atom stereocenters. The SMILES string of the molecule is CCN(C)c1cc(-c2cccc(OC)c2)nn(-c2cc(N3CC[C@H](O)C3)ccc2N=O)c1=O. The van der Waals surface area contributed by atoms with Crippen LogP contribution < -0.4 is 20.1 Å². The zero-order chi connectivity index (χ0) is 23.5. The van der Waals surface area contributed by atoms with Crippen LogP contribution in [0, 0.1) is 4.91 Å². The van der Waals surface area contributed by atoms with E-state index in [4.69, 9.17) is 4.74 Å². The van der Waals surface area contributed by atoms with Crippen molar-refractivity contribution in [3.63, 3.8) is 0 Å². The van der Waals surface area contributed by atoms with E-state index in [0.29, 0.717) is 48.9 Å². The van der Waals surface area contributed by atoms with Crippen LogP contribution >= 0.6 is 0 Å². The van der Waals surface area contributed by atoms with E-state index >= 15 is 0 Å². The highest BCUT2D eigenvalue weighted by Gasteiger charge is 2.23. The van der Waals surface area contributed by atoms with E-state index in [1.54, 1.807) is 31.4 Å². The number of methoxy groups -OCH3 is 1. The number of aliphatic hydroxyl groups excluding tert-OH is 1. The van der Waals surface area contributed by atoms with Gasteiger partial charge < -0.3 is 19.6 Å². The molecule has 172 valence electrons. The van der Waals surface area contributed by atoms with Gasteiger partial charge in [0.05, 0.1) is 18.9 Å². The van der Waals surface area contributed by atoms with Crippen molar-refractivity contribution in [2.24, 2.45) is 5.18 Å². The quantitative estimate of drug-likeness (QED) is 0.552. The summed E-state index contributed by atoms with van der Waals surface area (Å²) < 4.78 is 6.58. The van der Waals surface area contributed by atoms with Gasteiger partial charge in [-0.15, -0.1) is 4.91 Å². The molecule has 3 aromatic rings. The number of hydrogen-bond donors (Lipinski definition) is 1. The number of aliphatic hydroxyl groups is 1. The lowest BCUT2D eigenvalue weighted by molar-refractivity contribution is 0.198. The lowest BCUT2D eigenvalue weighted by Gasteiger charge is -2.21. The van der Waals surface area contributed by atoms with Gasteiger partial charge in [-0.05, 0) is 54.9 Å². The highest BCUT2D eigenvalue weighted by atomic mass is 16.5. The minimum atomic E-state index is -0.403. The fourth-order valence-electron chi connectivity index (χ4n) is 3.94. The smallest absolute Gasteiger partial charge is 0.295 e. The second kappa shape index (κ2) is 9.41. The van der Waals surface area contributed by atoms with E-state index in [2.05, 4.69) is 10.3 Å². The number of β-amino-alcohol motifs (C(OH)–C–C–N with tert-alkyl or cyclic N) is 1. The summed E-state index contributed by atoms with van der Waals surface area (Å²) in [5.41, 5.74) is 2.62. The van der Waals surface area contributed by atoms with E-state index in [1.807, 2.05) is 48.0 Å². The molecule has 1 N–H and O–H groups in total. The molecule has 2 heterocycles. The molecule has 2 aromatic carbocycles. The van der Waals surface area contributed by atoms with Gasteiger partial charge in [0.25, 0.3) is 5.56 Å². The van der Waals surface area contributed by atoms with Gasteiger partial charge in [0.2, 0.25) is 0 Å². The second-order valence-electron chi connectivity index (χ2n) is 8.03. The van der Waals surface area contributed by atoms with Crippen LogP contribution in [-0.2, 0) is 0 Å². The molecule has 4 rings (SSSR count). The first-order valence-corrected chi connectivity index (χ1v) is 10.9. The van der Waals surface area contributed by atoms with Crippen LogP contribution in [0.15, 0.2) is 58.5 Å². The zero-order valence-electron chi connectivity index (χ0n) is 18.9. The van der Waals surface area contributed by atoms with Crippen molar-refractivity contribution in [1.82, 2.24) is 9.78 Å². The van der Waals surface area contributed by atoms with Gasteiger partial charge in [-0.25, -0.2) is 0 Å². The van der Waals surface area contributed by atoms with E-state index in [-0.39, 0.29) is 11.2 Å². The summed E-state index contributed by atoms with van der Waals surface area (Å²) >= 11 is 0. The van der Waals surface area contributed by atoms with Gasteiger partial charge in [-0.1, -0.05) is 12.1 Å². The molecule has 0 amide bonds. The maximum atomic E-state index is 13.5. The van der Waals surface area contributed by atoms with Crippen molar-refractivity contribution in [2.75, 3.05) is 43.6 Å². The van der Waals surface area contributed by atoms with Crippen LogP contribution in [0.5, 0.6) is 5.75 Å². The summed E-state index contributed by atoms with van der Waals surface area (Å²) in [6.07, 6.45) is 0.261. The van der Waals surface area contributed by atoms with Crippen molar-refractivity contribution in [3.05, 3.63) is 63.8 Å². The molecule has 0 aliphatic carbocycles. The third-order valence-electron chi connectivity index (χ3n) is 5.96. The normalized spacial score (nSPS) is 15.5. The Morgan fingerprint density at radius 1 is 1.24 bits per heavy atom. The minimum absolute atomic E-state index is 0.112. The van der Waals surface area contributed by atoms with Crippen LogP contribution in [-0.4, -0.2) is 54.8 Å². The highest BCUT2D eigenvalue weighted by Crippen LogP contribution is 2.31. The van der Waals surface area contributed by atoms with Crippen LogP contribution in [0.25, 0.3) is 16.9 Å². The standard InChI is InChI=1S/C24H27N5O4/c1-4-27(2)23-14-21(16-6-5-7-19(12-16)33-3)25-29(24(23)31)22-13-17(8-9-20(22)26-32)28-11-10-18(30)15-28/h5-9,12-14,18,30H,4,10-11,15H2,1-3H3/t18-/m0/s1. The predicted octanol–water partition coefficient (Wildman–Crippen LogP) is 3.33. The first kappa shape index (κ1) is 22.5. The maximum Gasteiger partial charge on any atom is 0.295 e. The Kier molecular flexibility index (Phi) is 6.41. The Morgan fingerprint density at radius 3 is 2.73 bits per heavy atom. The summed E-state index contributed by atoms with van der Waals surface area (Å²) in [5, 5.41) is 17.7. The number of nitrogens with zero attached hydrogens (tertiary/aromatic N) is 5. The van der Waals surface area contributed by atoms with Gasteiger partial charge in [0, 0.05) is 37.9 Å². The molecule has 1 aromatic heterocycles.